The fourth-order valence-corrected chi connectivity index (χ4v) is 1.90. The first-order valence-corrected chi connectivity index (χ1v) is 6.32. The topological polar surface area (TPSA) is 96.1 Å². The van der Waals surface area contributed by atoms with Gasteiger partial charge in [-0.3, -0.25) is 0 Å². The third kappa shape index (κ3) is 3.54. The summed E-state index contributed by atoms with van der Waals surface area (Å²) in [6, 6.07) is 0.202. The highest BCUT2D eigenvalue weighted by Gasteiger charge is 2.16. The third-order valence-corrected chi connectivity index (χ3v) is 2.91. The first kappa shape index (κ1) is 14.7. The zero-order valence-corrected chi connectivity index (χ0v) is 11.3. The first-order valence-electron chi connectivity index (χ1n) is 6.32. The van der Waals surface area contributed by atoms with Crippen LogP contribution >= 0.6 is 0 Å². The summed E-state index contributed by atoms with van der Waals surface area (Å²) in [7, 11) is 0. The van der Waals surface area contributed by atoms with Crippen molar-refractivity contribution in [3.63, 3.8) is 0 Å². The van der Waals surface area contributed by atoms with Crippen LogP contribution in [0.3, 0.4) is 0 Å². The lowest BCUT2D eigenvalue weighted by molar-refractivity contribution is 0.278. The number of rotatable bonds is 7. The Morgan fingerprint density at radius 3 is 2.50 bits per heavy atom. The lowest BCUT2D eigenvalue weighted by atomic mass is 10.0. The van der Waals surface area contributed by atoms with E-state index in [1.54, 1.807) is 0 Å². The van der Waals surface area contributed by atoms with Crippen LogP contribution in [0.2, 0.25) is 0 Å². The van der Waals surface area contributed by atoms with Gasteiger partial charge in [-0.15, -0.1) is 0 Å². The summed E-state index contributed by atoms with van der Waals surface area (Å²) in [4.78, 5) is 8.40. The number of anilines is 2. The molecule has 1 heterocycles. The van der Waals surface area contributed by atoms with Gasteiger partial charge in [0.15, 0.2) is 0 Å². The first-order chi connectivity index (χ1) is 8.63. The molecule has 0 aromatic carbocycles. The van der Waals surface area contributed by atoms with Crippen LogP contribution in [0.5, 0.6) is 0 Å². The summed E-state index contributed by atoms with van der Waals surface area (Å²) in [5.74, 6) is 7.15. The summed E-state index contributed by atoms with van der Waals surface area (Å²) in [6.45, 7) is 6.37. The fourth-order valence-electron chi connectivity index (χ4n) is 1.90. The van der Waals surface area contributed by atoms with E-state index in [-0.39, 0.29) is 18.6 Å². The van der Waals surface area contributed by atoms with Gasteiger partial charge >= 0.3 is 0 Å². The van der Waals surface area contributed by atoms with E-state index in [2.05, 4.69) is 41.5 Å². The highest BCUT2D eigenvalue weighted by atomic mass is 16.3. The van der Waals surface area contributed by atoms with E-state index < -0.39 is 0 Å². The number of nitrogens with one attached hydrogen (secondary N) is 2. The van der Waals surface area contributed by atoms with Gasteiger partial charge in [0.05, 0.1) is 0 Å². The standard InChI is InChI=1S/C12H23N5O/c1-4-9(5-6-18)16-11-10(8(2)3)12(17-13)15-7-14-11/h7-9,18H,4-6,13H2,1-3H3,(H2,14,15,16,17). The second kappa shape index (κ2) is 7.13. The Balaban J connectivity index is 3.00. The average Bonchev–Trinajstić information content (AvgIpc) is 2.37. The van der Waals surface area contributed by atoms with E-state index in [1.807, 2.05) is 0 Å². The maximum Gasteiger partial charge on any atom is 0.148 e. The van der Waals surface area contributed by atoms with E-state index in [0.717, 1.165) is 17.8 Å². The second-order valence-corrected chi connectivity index (χ2v) is 4.55. The molecule has 0 saturated heterocycles. The molecule has 0 aliphatic rings. The van der Waals surface area contributed by atoms with Crippen LogP contribution in [0.15, 0.2) is 6.33 Å². The lowest BCUT2D eigenvalue weighted by Crippen LogP contribution is -2.23. The van der Waals surface area contributed by atoms with Gasteiger partial charge in [-0.2, -0.15) is 0 Å². The van der Waals surface area contributed by atoms with Gasteiger partial charge in [0.25, 0.3) is 0 Å². The number of aliphatic hydroxyl groups excluding tert-OH is 1. The van der Waals surface area contributed by atoms with Gasteiger partial charge in [-0.1, -0.05) is 20.8 Å². The van der Waals surface area contributed by atoms with Crippen LogP contribution < -0.4 is 16.6 Å². The SMILES string of the molecule is CCC(CCO)Nc1ncnc(NN)c1C(C)C. The van der Waals surface area contributed by atoms with Crippen LogP contribution in [-0.2, 0) is 0 Å². The monoisotopic (exact) mass is 253 g/mol. The molecule has 0 saturated carbocycles. The van der Waals surface area contributed by atoms with Crippen molar-refractivity contribution < 1.29 is 5.11 Å². The molecule has 0 aliphatic carbocycles. The molecular weight excluding hydrogens is 230 g/mol. The predicted octanol–water partition coefficient (Wildman–Crippen LogP) is 1.46. The Morgan fingerprint density at radius 1 is 1.33 bits per heavy atom. The van der Waals surface area contributed by atoms with E-state index in [0.29, 0.717) is 12.2 Å². The highest BCUT2D eigenvalue weighted by molar-refractivity contribution is 5.58. The van der Waals surface area contributed by atoms with Crippen molar-refractivity contribution in [2.24, 2.45) is 5.84 Å². The summed E-state index contributed by atoms with van der Waals surface area (Å²) >= 11 is 0. The van der Waals surface area contributed by atoms with Gasteiger partial charge in [-0.05, 0) is 18.8 Å². The zero-order valence-electron chi connectivity index (χ0n) is 11.3. The summed E-state index contributed by atoms with van der Waals surface area (Å²) < 4.78 is 0. The van der Waals surface area contributed by atoms with Gasteiger partial charge in [0.2, 0.25) is 0 Å². The number of aromatic nitrogens is 2. The van der Waals surface area contributed by atoms with Crippen molar-refractivity contribution in [1.29, 1.82) is 0 Å². The van der Waals surface area contributed by atoms with E-state index >= 15 is 0 Å². The molecule has 6 nitrogen and oxygen atoms in total. The summed E-state index contributed by atoms with van der Waals surface area (Å²) in [5, 5.41) is 12.4. The Hall–Kier alpha value is -1.40. The number of hydrogen-bond acceptors (Lipinski definition) is 6. The average molecular weight is 253 g/mol. The number of nitrogens with two attached hydrogens (primary N) is 1. The minimum absolute atomic E-state index is 0.162. The Labute approximate surface area is 108 Å². The molecule has 6 heteroatoms. The van der Waals surface area contributed by atoms with E-state index in [1.165, 1.54) is 6.33 Å². The van der Waals surface area contributed by atoms with Crippen molar-refractivity contribution in [2.45, 2.75) is 45.6 Å². The molecule has 1 unspecified atom stereocenters. The number of nitrogen functional groups attached to an aromatic ring is 1. The number of nitrogens with zero attached hydrogens (tertiary/aromatic N) is 2. The molecule has 1 aromatic rings. The van der Waals surface area contributed by atoms with Crippen LogP contribution in [0, 0.1) is 0 Å². The van der Waals surface area contributed by atoms with Crippen LogP contribution in [-0.4, -0.2) is 27.7 Å². The van der Waals surface area contributed by atoms with Gasteiger partial charge in [0, 0.05) is 18.2 Å². The molecule has 0 fully saturated rings. The molecule has 0 spiro atoms. The van der Waals surface area contributed by atoms with Crippen LogP contribution in [0.25, 0.3) is 0 Å². The molecular formula is C12H23N5O. The van der Waals surface area contributed by atoms with E-state index in [9.17, 15) is 0 Å². The maximum absolute atomic E-state index is 9.02. The van der Waals surface area contributed by atoms with Gasteiger partial charge in [-0.25, -0.2) is 15.8 Å². The number of hydrogen-bond donors (Lipinski definition) is 4. The van der Waals surface area contributed by atoms with Crippen molar-refractivity contribution >= 4 is 11.6 Å². The molecule has 1 atom stereocenters. The minimum atomic E-state index is 0.162. The smallest absolute Gasteiger partial charge is 0.148 e. The summed E-state index contributed by atoms with van der Waals surface area (Å²) in [6.07, 6.45) is 3.10. The van der Waals surface area contributed by atoms with Crippen LogP contribution in [0.1, 0.15) is 45.1 Å². The number of hydrazine groups is 1. The molecule has 102 valence electrons. The Morgan fingerprint density at radius 2 is 2.00 bits per heavy atom. The summed E-state index contributed by atoms with van der Waals surface area (Å²) in [5.41, 5.74) is 3.57. The molecule has 5 N–H and O–H groups in total. The predicted molar refractivity (Wildman–Crippen MR) is 73.3 cm³/mol. The molecule has 1 rings (SSSR count). The van der Waals surface area contributed by atoms with Crippen LogP contribution in [0.4, 0.5) is 11.6 Å². The Bertz CT molecular complexity index is 369. The molecule has 0 bridgehead atoms. The molecule has 18 heavy (non-hydrogen) atoms. The van der Waals surface area contributed by atoms with Gasteiger partial charge in [0.1, 0.15) is 18.0 Å². The molecule has 0 aliphatic heterocycles. The third-order valence-electron chi connectivity index (χ3n) is 2.91. The lowest BCUT2D eigenvalue weighted by Gasteiger charge is -2.21. The van der Waals surface area contributed by atoms with Gasteiger partial charge < -0.3 is 15.8 Å². The fraction of sp³-hybridized carbons (Fsp3) is 0.667. The molecule has 0 radical (unpaired) electrons. The maximum atomic E-state index is 9.02. The quantitative estimate of drug-likeness (QED) is 0.434. The van der Waals surface area contributed by atoms with Crippen molar-refractivity contribution in [1.82, 2.24) is 9.97 Å². The Kier molecular flexibility index (Phi) is 5.80. The molecule has 1 aromatic heterocycles. The minimum Gasteiger partial charge on any atom is -0.396 e. The highest BCUT2D eigenvalue weighted by Crippen LogP contribution is 2.28. The largest absolute Gasteiger partial charge is 0.396 e. The number of aliphatic hydroxyl groups is 1. The van der Waals surface area contributed by atoms with Crippen molar-refractivity contribution in [2.75, 3.05) is 17.3 Å². The molecule has 0 amide bonds. The normalized spacial score (nSPS) is 12.6. The van der Waals surface area contributed by atoms with Crippen molar-refractivity contribution in [3.8, 4) is 0 Å². The van der Waals surface area contributed by atoms with E-state index in [4.69, 9.17) is 10.9 Å². The zero-order chi connectivity index (χ0) is 13.5. The van der Waals surface area contributed by atoms with Crippen molar-refractivity contribution in [3.05, 3.63) is 11.9 Å². The second-order valence-electron chi connectivity index (χ2n) is 4.55.